The van der Waals surface area contributed by atoms with Gasteiger partial charge < -0.3 is 16.0 Å². The molecule has 0 atom stereocenters. The van der Waals surface area contributed by atoms with Crippen molar-refractivity contribution in [2.24, 2.45) is 0 Å². The number of nitrogens with zero attached hydrogens (tertiary/aromatic N) is 1. The first-order valence-corrected chi connectivity index (χ1v) is 10.5. The highest BCUT2D eigenvalue weighted by molar-refractivity contribution is 6.21. The van der Waals surface area contributed by atoms with Gasteiger partial charge in [-0.3, -0.25) is 14.5 Å². The Morgan fingerprint density at radius 3 is 2.18 bits per heavy atom. The lowest BCUT2D eigenvalue weighted by atomic mass is 10.1. The van der Waals surface area contributed by atoms with Crippen LogP contribution < -0.4 is 20.9 Å². The second kappa shape index (κ2) is 8.47. The normalized spacial score (nSPS) is 13.2. The van der Waals surface area contributed by atoms with Gasteiger partial charge in [0.05, 0.1) is 11.4 Å². The summed E-state index contributed by atoms with van der Waals surface area (Å²) >= 11 is 0. The maximum Gasteiger partial charge on any atom is 0.323 e. The number of hydrogen-bond donors (Lipinski definition) is 3. The van der Waals surface area contributed by atoms with E-state index in [4.69, 9.17) is 0 Å². The van der Waals surface area contributed by atoms with Crippen LogP contribution >= 0.6 is 0 Å². The van der Waals surface area contributed by atoms with E-state index in [1.54, 1.807) is 36.4 Å². The van der Waals surface area contributed by atoms with E-state index < -0.39 is 0 Å². The molecular weight excluding hydrogens is 416 g/mol. The highest BCUT2D eigenvalue weighted by atomic mass is 16.2. The first-order chi connectivity index (χ1) is 16.1. The van der Waals surface area contributed by atoms with Crippen LogP contribution in [0.15, 0.2) is 91.0 Å². The minimum atomic E-state index is -0.369. The van der Waals surface area contributed by atoms with Crippen molar-refractivity contribution >= 4 is 57.1 Å². The summed E-state index contributed by atoms with van der Waals surface area (Å²) in [4.78, 5) is 39.2. The van der Waals surface area contributed by atoms with E-state index in [9.17, 15) is 14.4 Å². The number of benzene rings is 4. The standard InChI is InChI=1S/C26H20N4O3/c31-23-16-24(32)30(22-15-10-17-6-4-5-9-21(17)25(22)29-23)20-13-11-19(12-14-20)28-26(33)27-18-7-2-1-3-8-18/h1-15H,16H2,(H,29,31)(H2,27,28,33). The van der Waals surface area contributed by atoms with Crippen LogP contribution in [0.1, 0.15) is 6.42 Å². The Labute approximate surface area is 190 Å². The van der Waals surface area contributed by atoms with Gasteiger partial charge >= 0.3 is 6.03 Å². The average molecular weight is 436 g/mol. The number of anilines is 5. The van der Waals surface area contributed by atoms with Gasteiger partial charge in [-0.25, -0.2) is 4.79 Å². The Bertz CT molecular complexity index is 1370. The van der Waals surface area contributed by atoms with Crippen LogP contribution in [0.3, 0.4) is 0 Å². The number of urea groups is 1. The molecule has 0 fully saturated rings. The van der Waals surface area contributed by atoms with Gasteiger partial charge in [0, 0.05) is 22.4 Å². The fourth-order valence-corrected chi connectivity index (χ4v) is 3.90. The Morgan fingerprint density at radius 1 is 0.758 bits per heavy atom. The Hall–Kier alpha value is -4.65. The molecule has 0 radical (unpaired) electrons. The Kier molecular flexibility index (Phi) is 5.20. The van der Waals surface area contributed by atoms with Crippen LogP contribution in [0.4, 0.5) is 33.2 Å². The summed E-state index contributed by atoms with van der Waals surface area (Å²) in [6, 6.07) is 27.1. The van der Waals surface area contributed by atoms with Crippen molar-refractivity contribution in [1.29, 1.82) is 0 Å². The lowest BCUT2D eigenvalue weighted by Gasteiger charge is -2.23. The molecule has 162 valence electrons. The molecule has 7 heteroatoms. The van der Waals surface area contributed by atoms with Crippen LogP contribution in [-0.4, -0.2) is 17.8 Å². The van der Waals surface area contributed by atoms with Crippen LogP contribution in [-0.2, 0) is 9.59 Å². The maximum atomic E-state index is 13.0. The van der Waals surface area contributed by atoms with E-state index in [2.05, 4.69) is 16.0 Å². The van der Waals surface area contributed by atoms with Gasteiger partial charge in [-0.05, 0) is 47.9 Å². The number of amides is 4. The van der Waals surface area contributed by atoms with E-state index in [1.807, 2.05) is 54.6 Å². The molecule has 5 rings (SSSR count). The van der Waals surface area contributed by atoms with Crippen LogP contribution in [0.25, 0.3) is 10.8 Å². The van der Waals surface area contributed by atoms with Gasteiger partial charge in [-0.1, -0.05) is 48.5 Å². The zero-order valence-corrected chi connectivity index (χ0v) is 17.5. The third kappa shape index (κ3) is 4.12. The molecule has 0 aliphatic carbocycles. The van der Waals surface area contributed by atoms with Gasteiger partial charge in [0.2, 0.25) is 11.8 Å². The fourth-order valence-electron chi connectivity index (χ4n) is 3.90. The van der Waals surface area contributed by atoms with Gasteiger partial charge in [0.25, 0.3) is 0 Å². The minimum absolute atomic E-state index is 0.261. The molecule has 3 N–H and O–H groups in total. The van der Waals surface area contributed by atoms with E-state index in [1.165, 1.54) is 4.90 Å². The highest BCUT2D eigenvalue weighted by Crippen LogP contribution is 2.40. The molecule has 4 aromatic rings. The SMILES string of the molecule is O=C1CC(=O)N(c2ccc(NC(=O)Nc3ccccc3)cc2)c2ccc3ccccc3c2N1. The van der Waals surface area contributed by atoms with Crippen LogP contribution in [0.2, 0.25) is 0 Å². The highest BCUT2D eigenvalue weighted by Gasteiger charge is 2.28. The monoisotopic (exact) mass is 436 g/mol. The van der Waals surface area contributed by atoms with Crippen molar-refractivity contribution in [3.63, 3.8) is 0 Å². The van der Waals surface area contributed by atoms with Crippen molar-refractivity contribution in [2.45, 2.75) is 6.42 Å². The number of rotatable bonds is 3. The fraction of sp³-hybridized carbons (Fsp3) is 0.0385. The minimum Gasteiger partial charge on any atom is -0.323 e. The zero-order valence-electron chi connectivity index (χ0n) is 17.5. The first kappa shape index (κ1) is 20.3. The maximum absolute atomic E-state index is 13.0. The van der Waals surface area contributed by atoms with E-state index in [-0.39, 0.29) is 24.3 Å². The first-order valence-electron chi connectivity index (χ1n) is 10.5. The summed E-state index contributed by atoms with van der Waals surface area (Å²) in [6.45, 7) is 0. The third-order valence-corrected chi connectivity index (χ3v) is 5.39. The quantitative estimate of drug-likeness (QED) is 0.371. The number of fused-ring (bicyclic) bond motifs is 3. The summed E-state index contributed by atoms with van der Waals surface area (Å²) in [5.41, 5.74) is 3.06. The van der Waals surface area contributed by atoms with E-state index in [0.29, 0.717) is 28.4 Å². The second-order valence-corrected chi connectivity index (χ2v) is 7.63. The number of hydrogen-bond acceptors (Lipinski definition) is 3. The molecule has 0 spiro atoms. The third-order valence-electron chi connectivity index (χ3n) is 5.39. The molecule has 0 saturated heterocycles. The molecular formula is C26H20N4O3. The molecule has 1 aliphatic heterocycles. The Morgan fingerprint density at radius 2 is 1.42 bits per heavy atom. The predicted octanol–water partition coefficient (Wildman–Crippen LogP) is 5.49. The largest absolute Gasteiger partial charge is 0.323 e. The summed E-state index contributed by atoms with van der Waals surface area (Å²) in [6.07, 6.45) is -0.261. The second-order valence-electron chi connectivity index (χ2n) is 7.63. The topological polar surface area (TPSA) is 90.5 Å². The van der Waals surface area contributed by atoms with Gasteiger partial charge in [-0.2, -0.15) is 0 Å². The van der Waals surface area contributed by atoms with Crippen molar-refractivity contribution < 1.29 is 14.4 Å². The number of para-hydroxylation sites is 1. The average Bonchev–Trinajstić information content (AvgIpc) is 2.95. The summed E-state index contributed by atoms with van der Waals surface area (Å²) in [5.74, 6) is -0.681. The summed E-state index contributed by atoms with van der Waals surface area (Å²) < 4.78 is 0. The lowest BCUT2D eigenvalue weighted by Crippen LogP contribution is -2.26. The van der Waals surface area contributed by atoms with E-state index >= 15 is 0 Å². The molecule has 0 saturated carbocycles. The van der Waals surface area contributed by atoms with E-state index in [0.717, 1.165) is 10.8 Å². The Balaban J connectivity index is 1.44. The summed E-state index contributed by atoms with van der Waals surface area (Å²) in [5, 5.41) is 10.2. The predicted molar refractivity (Wildman–Crippen MR) is 130 cm³/mol. The van der Waals surface area contributed by atoms with Crippen LogP contribution in [0, 0.1) is 0 Å². The number of carbonyl (C=O) groups excluding carboxylic acids is 3. The smallest absolute Gasteiger partial charge is 0.323 e. The molecule has 4 amide bonds. The molecule has 4 aromatic carbocycles. The van der Waals surface area contributed by atoms with Crippen molar-refractivity contribution in [3.05, 3.63) is 91.0 Å². The number of nitrogens with one attached hydrogen (secondary N) is 3. The molecule has 7 nitrogen and oxygen atoms in total. The number of carbonyl (C=O) groups is 3. The summed E-state index contributed by atoms with van der Waals surface area (Å²) in [7, 11) is 0. The molecule has 0 bridgehead atoms. The van der Waals surface area contributed by atoms with Crippen LogP contribution in [0.5, 0.6) is 0 Å². The van der Waals surface area contributed by atoms with Crippen molar-refractivity contribution in [2.75, 3.05) is 20.9 Å². The molecule has 1 heterocycles. The molecule has 0 aromatic heterocycles. The molecule has 1 aliphatic rings. The van der Waals surface area contributed by atoms with Crippen molar-refractivity contribution in [3.8, 4) is 0 Å². The molecule has 0 unspecified atom stereocenters. The van der Waals surface area contributed by atoms with Gasteiger partial charge in [0.1, 0.15) is 6.42 Å². The van der Waals surface area contributed by atoms with Gasteiger partial charge in [-0.15, -0.1) is 0 Å². The van der Waals surface area contributed by atoms with Crippen molar-refractivity contribution in [1.82, 2.24) is 0 Å². The lowest BCUT2D eigenvalue weighted by molar-refractivity contribution is -0.124. The molecule has 33 heavy (non-hydrogen) atoms. The zero-order chi connectivity index (χ0) is 22.8. The van der Waals surface area contributed by atoms with Gasteiger partial charge in [0.15, 0.2) is 0 Å².